The molecule has 1 aromatic heterocycles. The van der Waals surface area contributed by atoms with Gasteiger partial charge in [-0.3, -0.25) is 0 Å². The summed E-state index contributed by atoms with van der Waals surface area (Å²) in [5.41, 5.74) is 2.44. The minimum absolute atomic E-state index is 0.398. The van der Waals surface area contributed by atoms with E-state index in [4.69, 9.17) is 29.0 Å². The molecule has 7 heteroatoms. The third kappa shape index (κ3) is 4.69. The Morgan fingerprint density at radius 2 is 2.00 bits per heavy atom. The van der Waals surface area contributed by atoms with Crippen LogP contribution in [0.5, 0.6) is 0 Å². The minimum Gasteiger partial charge on any atom is -0.367 e. The lowest BCUT2D eigenvalue weighted by Gasteiger charge is -2.23. The van der Waals surface area contributed by atoms with E-state index in [1.165, 1.54) is 0 Å². The van der Waals surface area contributed by atoms with Gasteiger partial charge in [0.1, 0.15) is 5.82 Å². The number of pyridine rings is 1. The van der Waals surface area contributed by atoms with Gasteiger partial charge in [-0.25, -0.2) is 10.8 Å². The highest BCUT2D eigenvalue weighted by Gasteiger charge is 2.09. The van der Waals surface area contributed by atoms with Gasteiger partial charge in [0.05, 0.1) is 10.0 Å². The molecule has 1 aromatic rings. The van der Waals surface area contributed by atoms with Crippen molar-refractivity contribution in [1.82, 2.24) is 9.88 Å². The second-order valence-corrected chi connectivity index (χ2v) is 5.27. The molecule has 0 aliphatic heterocycles. The number of hydrogen-bond donors (Lipinski definition) is 3. The molecule has 0 fully saturated rings. The van der Waals surface area contributed by atoms with E-state index in [0.717, 1.165) is 19.5 Å². The summed E-state index contributed by atoms with van der Waals surface area (Å²) in [4.78, 5) is 6.50. The molecular weight excluding hydrogens is 285 g/mol. The molecule has 0 aromatic carbocycles. The first-order valence-electron chi connectivity index (χ1n) is 6.26. The number of nitrogens with zero attached hydrogens (tertiary/aromatic N) is 2. The van der Waals surface area contributed by atoms with Crippen LogP contribution < -0.4 is 16.6 Å². The predicted octanol–water partition coefficient (Wildman–Crippen LogP) is 2.82. The number of nitrogens with two attached hydrogens (primary N) is 1. The van der Waals surface area contributed by atoms with E-state index in [2.05, 4.69) is 41.5 Å². The van der Waals surface area contributed by atoms with Crippen LogP contribution in [0.25, 0.3) is 0 Å². The van der Waals surface area contributed by atoms with Gasteiger partial charge in [-0.2, -0.15) is 0 Å². The summed E-state index contributed by atoms with van der Waals surface area (Å²) in [6.07, 6.45) is 1.12. The summed E-state index contributed by atoms with van der Waals surface area (Å²) in [6.45, 7) is 6.02. The fourth-order valence-electron chi connectivity index (χ4n) is 1.57. The van der Waals surface area contributed by atoms with Crippen LogP contribution in [-0.2, 0) is 0 Å². The molecule has 0 spiro atoms. The molecule has 0 saturated heterocycles. The van der Waals surface area contributed by atoms with Crippen LogP contribution in [-0.4, -0.2) is 36.1 Å². The van der Waals surface area contributed by atoms with Crippen LogP contribution >= 0.6 is 23.2 Å². The van der Waals surface area contributed by atoms with Gasteiger partial charge in [0.25, 0.3) is 0 Å². The van der Waals surface area contributed by atoms with Crippen molar-refractivity contribution >= 4 is 34.8 Å². The number of nitrogens with one attached hydrogen (secondary N) is 2. The van der Waals surface area contributed by atoms with Crippen molar-refractivity contribution in [1.29, 1.82) is 0 Å². The summed E-state index contributed by atoms with van der Waals surface area (Å²) >= 11 is 12.0. The van der Waals surface area contributed by atoms with Crippen molar-refractivity contribution in [2.24, 2.45) is 5.84 Å². The van der Waals surface area contributed by atoms with E-state index >= 15 is 0 Å². The number of likely N-dealkylation sites (N-methyl/N-ethyl adjacent to an activating group) is 1. The molecule has 0 aliphatic carbocycles. The SMILES string of the molecule is CCC(C)N(C)CCNc1nc(NN)c(Cl)cc1Cl. The molecular formula is C12H21Cl2N5. The fraction of sp³-hybridized carbons (Fsp3) is 0.583. The maximum atomic E-state index is 6.07. The molecule has 0 bridgehead atoms. The molecule has 4 N–H and O–H groups in total. The largest absolute Gasteiger partial charge is 0.367 e. The van der Waals surface area contributed by atoms with Crippen LogP contribution in [0, 0.1) is 0 Å². The maximum absolute atomic E-state index is 6.07. The highest BCUT2D eigenvalue weighted by atomic mass is 35.5. The fourth-order valence-corrected chi connectivity index (χ4v) is 2.05. The van der Waals surface area contributed by atoms with Crippen molar-refractivity contribution in [2.45, 2.75) is 26.3 Å². The summed E-state index contributed by atoms with van der Waals surface area (Å²) in [5, 5.41) is 4.07. The molecule has 0 radical (unpaired) electrons. The highest BCUT2D eigenvalue weighted by molar-refractivity contribution is 6.37. The maximum Gasteiger partial charge on any atom is 0.161 e. The second kappa shape index (κ2) is 7.75. The van der Waals surface area contributed by atoms with Gasteiger partial charge in [0, 0.05) is 19.1 Å². The predicted molar refractivity (Wildman–Crippen MR) is 82.9 cm³/mol. The first kappa shape index (κ1) is 16.3. The zero-order chi connectivity index (χ0) is 14.4. The van der Waals surface area contributed by atoms with E-state index in [0.29, 0.717) is 27.7 Å². The topological polar surface area (TPSA) is 66.2 Å². The van der Waals surface area contributed by atoms with Crippen molar-refractivity contribution < 1.29 is 0 Å². The summed E-state index contributed by atoms with van der Waals surface area (Å²) in [6, 6.07) is 2.17. The van der Waals surface area contributed by atoms with Gasteiger partial charge in [-0.1, -0.05) is 30.1 Å². The Hall–Kier alpha value is -0.750. The second-order valence-electron chi connectivity index (χ2n) is 4.46. The van der Waals surface area contributed by atoms with Gasteiger partial charge in [-0.15, -0.1) is 0 Å². The Balaban J connectivity index is 2.58. The Kier molecular flexibility index (Phi) is 6.65. The molecule has 0 aliphatic rings. The minimum atomic E-state index is 0.398. The van der Waals surface area contributed by atoms with Crippen LogP contribution in [0.15, 0.2) is 6.07 Å². The molecule has 1 rings (SSSR count). The average molecular weight is 306 g/mol. The molecule has 0 amide bonds. The Morgan fingerprint density at radius 1 is 1.37 bits per heavy atom. The number of hydrogen-bond acceptors (Lipinski definition) is 5. The van der Waals surface area contributed by atoms with Gasteiger partial charge in [0.15, 0.2) is 5.82 Å². The lowest BCUT2D eigenvalue weighted by atomic mass is 10.2. The number of hydrazine groups is 1. The van der Waals surface area contributed by atoms with Crippen molar-refractivity contribution in [2.75, 3.05) is 30.9 Å². The third-order valence-corrected chi connectivity index (χ3v) is 3.74. The van der Waals surface area contributed by atoms with Gasteiger partial charge < -0.3 is 15.6 Å². The van der Waals surface area contributed by atoms with Crippen molar-refractivity contribution in [3.63, 3.8) is 0 Å². The zero-order valence-corrected chi connectivity index (χ0v) is 13.0. The van der Waals surface area contributed by atoms with E-state index < -0.39 is 0 Å². The van der Waals surface area contributed by atoms with Crippen molar-refractivity contribution in [3.05, 3.63) is 16.1 Å². The number of rotatable bonds is 7. The molecule has 19 heavy (non-hydrogen) atoms. The number of halogens is 2. The molecule has 0 saturated carbocycles. The Morgan fingerprint density at radius 3 is 2.58 bits per heavy atom. The average Bonchev–Trinajstić information content (AvgIpc) is 2.40. The number of anilines is 2. The number of nitrogen functional groups attached to an aromatic ring is 1. The van der Waals surface area contributed by atoms with Crippen LogP contribution in [0.2, 0.25) is 10.0 Å². The quantitative estimate of drug-likeness (QED) is 0.534. The summed E-state index contributed by atoms with van der Waals surface area (Å²) in [7, 11) is 2.10. The Labute approximate surface area is 124 Å². The molecule has 5 nitrogen and oxygen atoms in total. The van der Waals surface area contributed by atoms with Gasteiger partial charge >= 0.3 is 0 Å². The van der Waals surface area contributed by atoms with Crippen LogP contribution in [0.1, 0.15) is 20.3 Å². The summed E-state index contributed by atoms with van der Waals surface area (Å²) < 4.78 is 0. The molecule has 108 valence electrons. The molecule has 1 heterocycles. The third-order valence-electron chi connectivity index (χ3n) is 3.17. The van der Waals surface area contributed by atoms with Gasteiger partial charge in [0.2, 0.25) is 0 Å². The van der Waals surface area contributed by atoms with Crippen molar-refractivity contribution in [3.8, 4) is 0 Å². The molecule has 1 atom stereocenters. The number of aromatic nitrogens is 1. The van der Waals surface area contributed by atoms with E-state index in [1.54, 1.807) is 6.07 Å². The smallest absolute Gasteiger partial charge is 0.161 e. The van der Waals surface area contributed by atoms with E-state index in [9.17, 15) is 0 Å². The first-order chi connectivity index (χ1) is 8.99. The lowest BCUT2D eigenvalue weighted by molar-refractivity contribution is 0.261. The zero-order valence-electron chi connectivity index (χ0n) is 11.5. The monoisotopic (exact) mass is 305 g/mol. The van der Waals surface area contributed by atoms with Crippen LogP contribution in [0.3, 0.4) is 0 Å². The van der Waals surface area contributed by atoms with Gasteiger partial charge in [-0.05, 0) is 26.5 Å². The normalized spacial score (nSPS) is 12.6. The Bertz CT molecular complexity index is 413. The molecule has 1 unspecified atom stereocenters. The first-order valence-corrected chi connectivity index (χ1v) is 7.02. The van der Waals surface area contributed by atoms with Crippen LogP contribution in [0.4, 0.5) is 11.6 Å². The van der Waals surface area contributed by atoms with E-state index in [-0.39, 0.29) is 0 Å². The highest BCUT2D eigenvalue weighted by Crippen LogP contribution is 2.28. The standard InChI is InChI=1S/C12H21Cl2N5/c1-4-8(2)19(3)6-5-16-11-9(13)7-10(14)12(17-11)18-15/h7-8H,4-6,15H2,1-3H3,(H2,16,17,18). The van der Waals surface area contributed by atoms with E-state index in [1.807, 2.05) is 0 Å². The lowest BCUT2D eigenvalue weighted by Crippen LogP contribution is -2.32. The summed E-state index contributed by atoms with van der Waals surface area (Å²) in [5.74, 6) is 6.31.